The van der Waals surface area contributed by atoms with E-state index in [4.69, 9.17) is 21.7 Å². The molecule has 22 heavy (non-hydrogen) atoms. The highest BCUT2D eigenvalue weighted by atomic mass is 32.1. The summed E-state index contributed by atoms with van der Waals surface area (Å²) in [7, 11) is 0. The lowest BCUT2D eigenvalue weighted by Crippen LogP contribution is -2.36. The Morgan fingerprint density at radius 1 is 1.14 bits per heavy atom. The zero-order chi connectivity index (χ0) is 15.4. The zero-order valence-electron chi connectivity index (χ0n) is 12.3. The molecule has 5 heteroatoms. The van der Waals surface area contributed by atoms with E-state index < -0.39 is 0 Å². The number of thiocarbonyl (C=S) groups is 1. The van der Waals surface area contributed by atoms with Crippen molar-refractivity contribution in [2.45, 2.75) is 19.5 Å². The molecule has 0 saturated heterocycles. The topological polar surface area (TPSA) is 42.5 Å². The summed E-state index contributed by atoms with van der Waals surface area (Å²) in [5.74, 6) is 1.58. The minimum absolute atomic E-state index is 0.165. The zero-order valence-corrected chi connectivity index (χ0v) is 13.2. The lowest BCUT2D eigenvalue weighted by molar-refractivity contribution is 0.174. The molecule has 1 atom stereocenters. The molecule has 0 aliphatic carbocycles. The standard InChI is InChI=1S/C17H18N2O2S/c1-12(14-5-3-2-4-6-14)19-17(22)18-10-13-7-8-15-16(9-13)21-11-20-15/h2-9,12H,10-11H2,1H3,(H2,18,19,22)/t12-/m1/s1. The Labute approximate surface area is 135 Å². The van der Waals surface area contributed by atoms with Gasteiger partial charge in [-0.15, -0.1) is 0 Å². The van der Waals surface area contributed by atoms with Gasteiger partial charge in [-0.2, -0.15) is 0 Å². The molecular formula is C17H18N2O2S. The number of rotatable bonds is 4. The van der Waals surface area contributed by atoms with E-state index in [1.807, 2.05) is 36.4 Å². The van der Waals surface area contributed by atoms with E-state index in [0.29, 0.717) is 18.5 Å². The van der Waals surface area contributed by atoms with Crippen LogP contribution in [-0.2, 0) is 6.54 Å². The summed E-state index contributed by atoms with van der Waals surface area (Å²) in [4.78, 5) is 0. The van der Waals surface area contributed by atoms with Gasteiger partial charge in [-0.1, -0.05) is 36.4 Å². The molecule has 0 fully saturated rings. The number of ether oxygens (including phenoxy) is 2. The summed E-state index contributed by atoms with van der Waals surface area (Å²) in [6.45, 7) is 3.02. The largest absolute Gasteiger partial charge is 0.454 e. The van der Waals surface area contributed by atoms with E-state index in [9.17, 15) is 0 Å². The van der Waals surface area contributed by atoms with E-state index >= 15 is 0 Å². The van der Waals surface area contributed by atoms with Gasteiger partial charge in [-0.25, -0.2) is 0 Å². The van der Waals surface area contributed by atoms with Crippen LogP contribution in [0.25, 0.3) is 0 Å². The number of hydrogen-bond acceptors (Lipinski definition) is 3. The van der Waals surface area contributed by atoms with E-state index in [0.717, 1.165) is 17.1 Å². The molecule has 2 N–H and O–H groups in total. The summed E-state index contributed by atoms with van der Waals surface area (Å²) in [5, 5.41) is 7.13. The van der Waals surface area contributed by atoms with Crippen LogP contribution in [0.5, 0.6) is 11.5 Å². The van der Waals surface area contributed by atoms with Crippen LogP contribution in [0, 0.1) is 0 Å². The normalized spacial score (nSPS) is 13.5. The second-order valence-corrected chi connectivity index (χ2v) is 5.56. The van der Waals surface area contributed by atoms with Gasteiger partial charge in [-0.05, 0) is 42.4 Å². The van der Waals surface area contributed by atoms with Gasteiger partial charge in [0.2, 0.25) is 6.79 Å². The van der Waals surface area contributed by atoms with Crippen molar-refractivity contribution in [1.29, 1.82) is 0 Å². The molecule has 0 amide bonds. The molecule has 3 rings (SSSR count). The first-order valence-electron chi connectivity index (χ1n) is 7.20. The van der Waals surface area contributed by atoms with E-state index in [1.165, 1.54) is 5.56 Å². The Hall–Kier alpha value is -2.27. The third-order valence-corrected chi connectivity index (χ3v) is 3.80. The predicted octanol–water partition coefficient (Wildman–Crippen LogP) is 3.14. The fraction of sp³-hybridized carbons (Fsp3) is 0.235. The van der Waals surface area contributed by atoms with Crippen LogP contribution in [0.2, 0.25) is 0 Å². The first kappa shape index (κ1) is 14.7. The van der Waals surface area contributed by atoms with Gasteiger partial charge < -0.3 is 20.1 Å². The number of fused-ring (bicyclic) bond motifs is 1. The molecule has 0 spiro atoms. The molecule has 1 aliphatic rings. The average Bonchev–Trinajstić information content (AvgIpc) is 3.01. The summed E-state index contributed by atoms with van der Waals surface area (Å²) in [6.07, 6.45) is 0. The highest BCUT2D eigenvalue weighted by Gasteiger charge is 2.13. The monoisotopic (exact) mass is 314 g/mol. The molecule has 1 aliphatic heterocycles. The third-order valence-electron chi connectivity index (χ3n) is 3.54. The quantitative estimate of drug-likeness (QED) is 0.849. The fourth-order valence-electron chi connectivity index (χ4n) is 2.31. The van der Waals surface area contributed by atoms with Crippen LogP contribution in [-0.4, -0.2) is 11.9 Å². The molecule has 4 nitrogen and oxygen atoms in total. The Morgan fingerprint density at radius 2 is 1.91 bits per heavy atom. The van der Waals surface area contributed by atoms with Gasteiger partial charge in [-0.3, -0.25) is 0 Å². The Bertz CT molecular complexity index is 661. The predicted molar refractivity (Wildman–Crippen MR) is 90.0 cm³/mol. The number of hydrogen-bond donors (Lipinski definition) is 2. The molecule has 114 valence electrons. The molecule has 0 bridgehead atoms. The van der Waals surface area contributed by atoms with Gasteiger partial charge in [0, 0.05) is 6.54 Å². The second-order valence-electron chi connectivity index (χ2n) is 5.15. The Morgan fingerprint density at radius 3 is 2.73 bits per heavy atom. The Kier molecular flexibility index (Phi) is 4.44. The molecule has 2 aromatic rings. The van der Waals surface area contributed by atoms with Gasteiger partial charge in [0.15, 0.2) is 16.6 Å². The van der Waals surface area contributed by atoms with Gasteiger partial charge in [0.1, 0.15) is 0 Å². The van der Waals surface area contributed by atoms with E-state index in [2.05, 4.69) is 29.7 Å². The molecular weight excluding hydrogens is 296 g/mol. The molecule has 1 heterocycles. The highest BCUT2D eigenvalue weighted by Crippen LogP contribution is 2.32. The van der Waals surface area contributed by atoms with Crippen molar-refractivity contribution >= 4 is 17.3 Å². The first-order chi connectivity index (χ1) is 10.7. The summed E-state index contributed by atoms with van der Waals surface area (Å²) < 4.78 is 10.7. The van der Waals surface area contributed by atoms with Crippen molar-refractivity contribution in [3.8, 4) is 11.5 Å². The molecule has 2 aromatic carbocycles. The number of nitrogens with one attached hydrogen (secondary N) is 2. The van der Waals surface area contributed by atoms with Crippen LogP contribution in [0.1, 0.15) is 24.1 Å². The third kappa shape index (κ3) is 3.49. The lowest BCUT2D eigenvalue weighted by atomic mass is 10.1. The lowest BCUT2D eigenvalue weighted by Gasteiger charge is -2.17. The van der Waals surface area contributed by atoms with Gasteiger partial charge in [0.25, 0.3) is 0 Å². The summed E-state index contributed by atoms with van der Waals surface area (Å²) >= 11 is 5.35. The summed E-state index contributed by atoms with van der Waals surface area (Å²) in [5.41, 5.74) is 2.30. The van der Waals surface area contributed by atoms with E-state index in [-0.39, 0.29) is 6.04 Å². The van der Waals surface area contributed by atoms with Crippen molar-refractivity contribution in [2.24, 2.45) is 0 Å². The second kappa shape index (κ2) is 6.66. The van der Waals surface area contributed by atoms with Crippen LogP contribution >= 0.6 is 12.2 Å². The average molecular weight is 314 g/mol. The van der Waals surface area contributed by atoms with Crippen molar-refractivity contribution < 1.29 is 9.47 Å². The van der Waals surface area contributed by atoms with Crippen molar-refractivity contribution in [3.05, 3.63) is 59.7 Å². The van der Waals surface area contributed by atoms with Crippen LogP contribution in [0.3, 0.4) is 0 Å². The minimum atomic E-state index is 0.165. The maximum absolute atomic E-state index is 5.37. The smallest absolute Gasteiger partial charge is 0.231 e. The van der Waals surface area contributed by atoms with Gasteiger partial charge >= 0.3 is 0 Å². The van der Waals surface area contributed by atoms with Crippen molar-refractivity contribution in [3.63, 3.8) is 0 Å². The van der Waals surface area contributed by atoms with Crippen LogP contribution < -0.4 is 20.1 Å². The fourth-order valence-corrected chi connectivity index (χ4v) is 2.55. The van der Waals surface area contributed by atoms with Crippen LogP contribution in [0.4, 0.5) is 0 Å². The number of benzene rings is 2. The summed E-state index contributed by atoms with van der Waals surface area (Å²) in [6, 6.07) is 16.3. The minimum Gasteiger partial charge on any atom is -0.454 e. The van der Waals surface area contributed by atoms with Crippen molar-refractivity contribution in [1.82, 2.24) is 10.6 Å². The highest BCUT2D eigenvalue weighted by molar-refractivity contribution is 7.80. The SMILES string of the molecule is C[C@@H](NC(=S)NCc1ccc2c(c1)OCO2)c1ccccc1. The van der Waals surface area contributed by atoms with Gasteiger partial charge in [0.05, 0.1) is 6.04 Å². The van der Waals surface area contributed by atoms with E-state index in [1.54, 1.807) is 0 Å². The molecule has 0 unspecified atom stereocenters. The Balaban J connectivity index is 1.52. The van der Waals surface area contributed by atoms with Crippen LogP contribution in [0.15, 0.2) is 48.5 Å². The molecule has 0 radical (unpaired) electrons. The maximum Gasteiger partial charge on any atom is 0.231 e. The first-order valence-corrected chi connectivity index (χ1v) is 7.61. The maximum atomic E-state index is 5.37. The van der Waals surface area contributed by atoms with Crippen molar-refractivity contribution in [2.75, 3.05) is 6.79 Å². The molecule has 0 aromatic heterocycles. The molecule has 0 saturated carbocycles.